The van der Waals surface area contributed by atoms with Crippen LogP contribution in [0.4, 0.5) is 14.6 Å². The topological polar surface area (TPSA) is 42.2 Å². The van der Waals surface area contributed by atoms with Crippen molar-refractivity contribution >= 4 is 11.5 Å². The summed E-state index contributed by atoms with van der Waals surface area (Å²) in [4.78, 5) is 4.28. The maximum atomic E-state index is 13.4. The van der Waals surface area contributed by atoms with Gasteiger partial charge in [-0.1, -0.05) is 0 Å². The average Bonchev–Trinajstić information content (AvgIpc) is 2.87. The van der Waals surface area contributed by atoms with Crippen LogP contribution in [0.3, 0.4) is 0 Å². The minimum Gasteiger partial charge on any atom is -0.366 e. The molecule has 0 spiro atoms. The summed E-state index contributed by atoms with van der Waals surface area (Å²) in [5.41, 5.74) is 0.944. The second kappa shape index (κ2) is 4.64. The molecule has 96 valence electrons. The van der Waals surface area contributed by atoms with Crippen molar-refractivity contribution in [3.8, 4) is 0 Å². The van der Waals surface area contributed by atoms with Gasteiger partial charge in [-0.15, -0.1) is 0 Å². The van der Waals surface area contributed by atoms with Gasteiger partial charge >= 0.3 is 0 Å². The molecule has 3 aromatic rings. The van der Waals surface area contributed by atoms with Gasteiger partial charge in [-0.05, 0) is 24.3 Å². The fourth-order valence-corrected chi connectivity index (χ4v) is 1.78. The summed E-state index contributed by atoms with van der Waals surface area (Å²) in [5.74, 6) is -0.326. The largest absolute Gasteiger partial charge is 0.366 e. The van der Waals surface area contributed by atoms with Crippen LogP contribution >= 0.6 is 0 Å². The highest BCUT2D eigenvalue weighted by Crippen LogP contribution is 2.12. The van der Waals surface area contributed by atoms with Crippen molar-refractivity contribution in [2.24, 2.45) is 0 Å². The predicted octanol–water partition coefficient (Wildman–Crippen LogP) is 2.62. The Morgan fingerprint density at radius 3 is 2.95 bits per heavy atom. The van der Waals surface area contributed by atoms with Gasteiger partial charge in [-0.25, -0.2) is 18.3 Å². The Hall–Kier alpha value is -2.50. The van der Waals surface area contributed by atoms with Crippen molar-refractivity contribution in [1.82, 2.24) is 14.6 Å². The second-order valence-electron chi connectivity index (χ2n) is 4.04. The predicted molar refractivity (Wildman–Crippen MR) is 66.7 cm³/mol. The van der Waals surface area contributed by atoms with Gasteiger partial charge in [0, 0.05) is 24.4 Å². The van der Waals surface area contributed by atoms with E-state index in [-0.39, 0.29) is 12.1 Å². The van der Waals surface area contributed by atoms with E-state index in [1.165, 1.54) is 6.07 Å². The number of rotatable bonds is 3. The lowest BCUT2D eigenvalue weighted by atomic mass is 10.2. The van der Waals surface area contributed by atoms with Crippen molar-refractivity contribution < 1.29 is 8.78 Å². The molecule has 4 nitrogen and oxygen atoms in total. The fraction of sp³-hybridized carbons (Fsp3) is 0.0769. The third kappa shape index (κ3) is 2.37. The van der Waals surface area contributed by atoms with Crippen LogP contribution in [-0.2, 0) is 6.54 Å². The van der Waals surface area contributed by atoms with Crippen LogP contribution in [0.5, 0.6) is 0 Å². The molecule has 2 heterocycles. The van der Waals surface area contributed by atoms with Crippen molar-refractivity contribution in [1.29, 1.82) is 0 Å². The van der Waals surface area contributed by atoms with Gasteiger partial charge < -0.3 is 5.32 Å². The lowest BCUT2D eigenvalue weighted by Gasteiger charge is -2.07. The zero-order valence-corrected chi connectivity index (χ0v) is 9.85. The van der Waals surface area contributed by atoms with E-state index < -0.39 is 11.6 Å². The Balaban J connectivity index is 1.79. The molecular formula is C13H10F2N4. The minimum atomic E-state index is -0.461. The van der Waals surface area contributed by atoms with Gasteiger partial charge in [0.1, 0.15) is 17.5 Å². The van der Waals surface area contributed by atoms with Gasteiger partial charge in [0.05, 0.1) is 6.20 Å². The first-order valence-corrected chi connectivity index (χ1v) is 5.70. The molecule has 1 aromatic carbocycles. The van der Waals surface area contributed by atoms with Crippen LogP contribution in [0.25, 0.3) is 5.65 Å². The molecule has 0 atom stereocenters. The first kappa shape index (κ1) is 11.6. The summed E-state index contributed by atoms with van der Waals surface area (Å²) >= 11 is 0. The molecule has 0 saturated carbocycles. The van der Waals surface area contributed by atoms with Gasteiger partial charge in [0.2, 0.25) is 0 Å². The van der Waals surface area contributed by atoms with E-state index in [1.54, 1.807) is 29.0 Å². The number of hydrogen-bond acceptors (Lipinski definition) is 3. The normalized spacial score (nSPS) is 10.8. The third-order valence-electron chi connectivity index (χ3n) is 2.73. The van der Waals surface area contributed by atoms with Gasteiger partial charge in [0.15, 0.2) is 5.65 Å². The van der Waals surface area contributed by atoms with Crippen LogP contribution in [0.15, 0.2) is 42.7 Å². The lowest BCUT2D eigenvalue weighted by molar-refractivity contribution is 0.587. The zero-order valence-electron chi connectivity index (χ0n) is 9.85. The average molecular weight is 260 g/mol. The van der Waals surface area contributed by atoms with E-state index in [4.69, 9.17) is 0 Å². The van der Waals surface area contributed by atoms with Gasteiger partial charge in [0.25, 0.3) is 0 Å². The maximum Gasteiger partial charge on any atom is 0.157 e. The van der Waals surface area contributed by atoms with E-state index >= 15 is 0 Å². The van der Waals surface area contributed by atoms with Crippen molar-refractivity contribution in [3.63, 3.8) is 0 Å². The molecule has 19 heavy (non-hydrogen) atoms. The van der Waals surface area contributed by atoms with E-state index in [2.05, 4.69) is 15.4 Å². The number of aromatic nitrogens is 3. The first-order valence-electron chi connectivity index (χ1n) is 5.70. The molecule has 0 amide bonds. The summed E-state index contributed by atoms with van der Waals surface area (Å²) in [6.45, 7) is 0.168. The maximum absolute atomic E-state index is 13.4. The number of hydrogen-bond donors (Lipinski definition) is 1. The Morgan fingerprint density at radius 1 is 1.16 bits per heavy atom. The van der Waals surface area contributed by atoms with Crippen molar-refractivity contribution in [3.05, 3.63) is 59.9 Å². The van der Waals surface area contributed by atoms with Crippen LogP contribution in [0, 0.1) is 11.6 Å². The standard InChI is InChI=1S/C13H10F2N4/c14-10-1-2-11(15)9(7-10)8-16-12-4-6-19-13(18-12)3-5-17-19/h1-7H,8H2,(H,16,18). The number of nitrogens with one attached hydrogen (secondary N) is 1. The first-order chi connectivity index (χ1) is 9.22. The molecule has 2 aromatic heterocycles. The molecule has 0 radical (unpaired) electrons. The van der Waals surface area contributed by atoms with E-state index in [0.717, 1.165) is 12.1 Å². The third-order valence-corrected chi connectivity index (χ3v) is 2.73. The minimum absolute atomic E-state index is 0.168. The van der Waals surface area contributed by atoms with Crippen LogP contribution < -0.4 is 5.32 Å². The highest BCUT2D eigenvalue weighted by molar-refractivity contribution is 5.45. The number of fused-ring (bicyclic) bond motifs is 1. The monoisotopic (exact) mass is 260 g/mol. The molecular weight excluding hydrogens is 250 g/mol. The summed E-state index contributed by atoms with van der Waals surface area (Å²) in [6.07, 6.45) is 3.38. The number of halogens is 2. The van der Waals surface area contributed by atoms with Crippen molar-refractivity contribution in [2.75, 3.05) is 5.32 Å². The molecule has 0 saturated heterocycles. The summed E-state index contributed by atoms with van der Waals surface area (Å²) in [5, 5.41) is 6.97. The van der Waals surface area contributed by atoms with Gasteiger partial charge in [-0.3, -0.25) is 0 Å². The Morgan fingerprint density at radius 2 is 2.05 bits per heavy atom. The molecule has 0 bridgehead atoms. The Labute approximate surface area is 107 Å². The Bertz CT molecular complexity index is 723. The number of anilines is 1. The fourth-order valence-electron chi connectivity index (χ4n) is 1.78. The van der Waals surface area contributed by atoms with Crippen molar-refractivity contribution in [2.45, 2.75) is 6.54 Å². The molecule has 1 N–H and O–H groups in total. The molecule has 3 rings (SSSR count). The number of benzene rings is 1. The summed E-state index contributed by atoms with van der Waals surface area (Å²) < 4.78 is 28.1. The second-order valence-corrected chi connectivity index (χ2v) is 4.04. The highest BCUT2D eigenvalue weighted by atomic mass is 19.1. The quantitative estimate of drug-likeness (QED) is 0.787. The highest BCUT2D eigenvalue weighted by Gasteiger charge is 2.04. The molecule has 0 aliphatic carbocycles. The van der Waals surface area contributed by atoms with Crippen LogP contribution in [0.1, 0.15) is 5.56 Å². The zero-order chi connectivity index (χ0) is 13.2. The van der Waals surface area contributed by atoms with Crippen LogP contribution in [-0.4, -0.2) is 14.6 Å². The summed E-state index contributed by atoms with van der Waals surface area (Å²) in [7, 11) is 0. The van der Waals surface area contributed by atoms with E-state index in [0.29, 0.717) is 11.5 Å². The lowest BCUT2D eigenvalue weighted by Crippen LogP contribution is -2.04. The van der Waals surface area contributed by atoms with Gasteiger partial charge in [-0.2, -0.15) is 5.10 Å². The number of nitrogens with zero attached hydrogens (tertiary/aromatic N) is 3. The molecule has 6 heteroatoms. The van der Waals surface area contributed by atoms with E-state index in [1.807, 2.05) is 0 Å². The molecule has 0 aliphatic heterocycles. The van der Waals surface area contributed by atoms with Crippen LogP contribution in [0.2, 0.25) is 0 Å². The molecule has 0 fully saturated rings. The SMILES string of the molecule is Fc1ccc(F)c(CNc2ccn3nccc3n2)c1. The Kier molecular flexibility index (Phi) is 2.83. The smallest absolute Gasteiger partial charge is 0.157 e. The molecule has 0 unspecified atom stereocenters. The summed E-state index contributed by atoms with van der Waals surface area (Å²) in [6, 6.07) is 6.85. The van der Waals surface area contributed by atoms with E-state index in [9.17, 15) is 8.78 Å². The molecule has 0 aliphatic rings.